The van der Waals surface area contributed by atoms with Gasteiger partial charge in [0.1, 0.15) is 6.04 Å². The molecule has 1 aromatic rings. The van der Waals surface area contributed by atoms with E-state index < -0.39 is 12.0 Å². The smallest absolute Gasteiger partial charge is 0.321 e. The van der Waals surface area contributed by atoms with E-state index in [2.05, 4.69) is 49.2 Å². The van der Waals surface area contributed by atoms with Crippen molar-refractivity contribution in [1.82, 2.24) is 10.2 Å². The summed E-state index contributed by atoms with van der Waals surface area (Å²) in [6.07, 6.45) is 1.04. The van der Waals surface area contributed by atoms with E-state index in [1.165, 1.54) is 16.7 Å². The van der Waals surface area contributed by atoms with Gasteiger partial charge in [-0.15, -0.1) is 0 Å². The highest BCUT2D eigenvalue weighted by molar-refractivity contribution is 7.98. The summed E-state index contributed by atoms with van der Waals surface area (Å²) in [6, 6.07) is 6.09. The molecule has 0 radical (unpaired) electrons. The number of carboxylic acid groups (broad SMARTS) is 1. The van der Waals surface area contributed by atoms with Crippen LogP contribution in [0.4, 0.5) is 0 Å². The molecule has 4 N–H and O–H groups in total. The van der Waals surface area contributed by atoms with Gasteiger partial charge in [0.05, 0.1) is 0 Å². The molecule has 1 heterocycles. The largest absolute Gasteiger partial charge is 0.480 e. The van der Waals surface area contributed by atoms with Crippen molar-refractivity contribution in [1.29, 1.82) is 0 Å². The molecule has 0 unspecified atom stereocenters. The molecule has 1 aliphatic heterocycles. The average Bonchev–Trinajstić information content (AvgIpc) is 2.53. The number of aliphatic carboxylic acids is 1. The van der Waals surface area contributed by atoms with Crippen molar-refractivity contribution < 1.29 is 9.90 Å². The fraction of sp³-hybridized carbons (Fsp3) is 0.650. The Balaban J connectivity index is 2.07. The predicted molar refractivity (Wildman–Crippen MR) is 110 cm³/mol. The van der Waals surface area contributed by atoms with Crippen molar-refractivity contribution in [2.75, 3.05) is 31.9 Å². The number of nitrogens with two attached hydrogens (primary N) is 1. The van der Waals surface area contributed by atoms with E-state index in [1.807, 2.05) is 0 Å². The molecule has 0 aliphatic carbocycles. The molecule has 0 amide bonds. The van der Waals surface area contributed by atoms with E-state index in [4.69, 9.17) is 10.8 Å². The van der Waals surface area contributed by atoms with E-state index in [9.17, 15) is 4.79 Å². The zero-order chi connectivity index (χ0) is 19.2. The quantitative estimate of drug-likeness (QED) is 0.643. The highest BCUT2D eigenvalue weighted by Gasteiger charge is 2.16. The number of piperazine rings is 1. The minimum absolute atomic E-state index is 0.240. The van der Waals surface area contributed by atoms with Crippen LogP contribution < -0.4 is 11.1 Å². The number of carbonyl (C=O) groups is 1. The Morgan fingerprint density at radius 1 is 1.23 bits per heavy atom. The lowest BCUT2D eigenvalue weighted by Gasteiger charge is -2.28. The molecule has 146 valence electrons. The molecular formula is C20H33N3O2S. The van der Waals surface area contributed by atoms with Gasteiger partial charge in [-0.3, -0.25) is 9.69 Å². The normalized spacial score (nSPS) is 17.2. The lowest BCUT2D eigenvalue weighted by Crippen LogP contribution is -2.42. The first-order valence-electron chi connectivity index (χ1n) is 9.34. The first kappa shape index (κ1) is 21.2. The number of carboxylic acids is 1. The Morgan fingerprint density at radius 3 is 2.46 bits per heavy atom. The molecule has 0 spiro atoms. The van der Waals surface area contributed by atoms with E-state index in [0.717, 1.165) is 44.9 Å². The van der Waals surface area contributed by atoms with Crippen LogP contribution in [0.3, 0.4) is 0 Å². The van der Waals surface area contributed by atoms with Crippen LogP contribution in [0.15, 0.2) is 18.2 Å². The third kappa shape index (κ3) is 7.66. The Kier molecular flexibility index (Phi) is 7.95. The summed E-state index contributed by atoms with van der Waals surface area (Å²) in [5.41, 5.74) is 9.84. The highest BCUT2D eigenvalue weighted by atomic mass is 32.2. The van der Waals surface area contributed by atoms with Crippen LogP contribution in [0, 0.1) is 5.41 Å². The number of nitrogens with one attached hydrogen (secondary N) is 1. The van der Waals surface area contributed by atoms with E-state index in [1.54, 1.807) is 11.8 Å². The van der Waals surface area contributed by atoms with Gasteiger partial charge in [-0.05, 0) is 28.5 Å². The molecular weight excluding hydrogens is 346 g/mol. The van der Waals surface area contributed by atoms with Crippen molar-refractivity contribution in [3.8, 4) is 0 Å². The average molecular weight is 380 g/mol. The fourth-order valence-corrected chi connectivity index (χ4v) is 4.15. The van der Waals surface area contributed by atoms with Crippen LogP contribution in [0.1, 0.15) is 37.5 Å². The standard InChI is InChI=1S/C20H33N3O2S/c1-20(2,3)11-15-8-16(12-23-6-4-22-5-7-23)10-17(9-15)13-26-14-18(21)19(24)25/h8-10,18,22H,4-7,11-14,21H2,1-3H3,(H,24,25)/t18-/m0/s1. The van der Waals surface area contributed by atoms with Crippen molar-refractivity contribution in [2.45, 2.75) is 45.5 Å². The van der Waals surface area contributed by atoms with Gasteiger partial charge < -0.3 is 16.2 Å². The number of nitrogens with zero attached hydrogens (tertiary/aromatic N) is 1. The number of thioether (sulfide) groups is 1. The topological polar surface area (TPSA) is 78.6 Å². The van der Waals surface area contributed by atoms with Gasteiger partial charge in [-0.25, -0.2) is 0 Å². The zero-order valence-corrected chi connectivity index (χ0v) is 17.1. The number of benzene rings is 1. The van der Waals surface area contributed by atoms with Crippen molar-refractivity contribution in [3.63, 3.8) is 0 Å². The van der Waals surface area contributed by atoms with Gasteiger partial charge in [-0.2, -0.15) is 11.8 Å². The summed E-state index contributed by atoms with van der Waals surface area (Å²) in [5.74, 6) is 0.304. The summed E-state index contributed by atoms with van der Waals surface area (Å²) in [7, 11) is 0. The summed E-state index contributed by atoms with van der Waals surface area (Å²) in [6.45, 7) is 12.0. The third-order valence-corrected chi connectivity index (χ3v) is 5.48. The summed E-state index contributed by atoms with van der Waals surface area (Å²) >= 11 is 1.59. The van der Waals surface area contributed by atoms with Gasteiger partial charge in [-0.1, -0.05) is 39.0 Å². The number of rotatable bonds is 8. The van der Waals surface area contributed by atoms with Crippen molar-refractivity contribution in [3.05, 3.63) is 34.9 Å². The molecule has 1 aromatic carbocycles. The molecule has 0 saturated carbocycles. The SMILES string of the molecule is CC(C)(C)Cc1cc(CSC[C@H](N)C(=O)O)cc(CN2CCNCC2)c1. The van der Waals surface area contributed by atoms with Crippen molar-refractivity contribution in [2.24, 2.45) is 11.1 Å². The van der Waals surface area contributed by atoms with Gasteiger partial charge in [0.15, 0.2) is 0 Å². The van der Waals surface area contributed by atoms with E-state index in [-0.39, 0.29) is 5.41 Å². The van der Waals surface area contributed by atoms with Crippen molar-refractivity contribution >= 4 is 17.7 Å². The number of hydrogen-bond donors (Lipinski definition) is 3. The first-order chi connectivity index (χ1) is 12.2. The molecule has 5 nitrogen and oxygen atoms in total. The second kappa shape index (κ2) is 9.74. The number of hydrogen-bond acceptors (Lipinski definition) is 5. The second-order valence-corrected chi connectivity index (χ2v) is 9.41. The minimum Gasteiger partial charge on any atom is -0.480 e. The van der Waals surface area contributed by atoms with Gasteiger partial charge >= 0.3 is 5.97 Å². The van der Waals surface area contributed by atoms with Crippen LogP contribution in [0.2, 0.25) is 0 Å². The third-order valence-electron chi connectivity index (χ3n) is 4.35. The maximum atomic E-state index is 10.9. The van der Waals surface area contributed by atoms with Crippen LogP contribution in [-0.4, -0.2) is 53.9 Å². The fourth-order valence-electron chi connectivity index (χ4n) is 3.23. The molecule has 1 atom stereocenters. The molecule has 1 saturated heterocycles. The van der Waals surface area contributed by atoms with Crippen LogP contribution >= 0.6 is 11.8 Å². The molecule has 1 aliphatic rings. The Morgan fingerprint density at radius 2 is 1.85 bits per heavy atom. The lowest BCUT2D eigenvalue weighted by molar-refractivity contribution is -0.137. The maximum Gasteiger partial charge on any atom is 0.321 e. The first-order valence-corrected chi connectivity index (χ1v) is 10.5. The Hall–Kier alpha value is -1.08. The van der Waals surface area contributed by atoms with Crippen LogP contribution in [0.5, 0.6) is 0 Å². The van der Waals surface area contributed by atoms with Gasteiger partial charge in [0.2, 0.25) is 0 Å². The molecule has 1 fully saturated rings. The summed E-state index contributed by atoms with van der Waals surface area (Å²) in [4.78, 5) is 13.4. The zero-order valence-electron chi connectivity index (χ0n) is 16.3. The predicted octanol–water partition coefficient (Wildman–Crippen LogP) is 2.33. The van der Waals surface area contributed by atoms with E-state index in [0.29, 0.717) is 5.75 Å². The molecule has 2 rings (SSSR count). The lowest BCUT2D eigenvalue weighted by atomic mass is 9.87. The van der Waals surface area contributed by atoms with Gasteiger partial charge in [0, 0.05) is 44.2 Å². The van der Waals surface area contributed by atoms with Gasteiger partial charge in [0.25, 0.3) is 0 Å². The Bertz CT molecular complexity index is 595. The molecule has 0 aromatic heterocycles. The monoisotopic (exact) mass is 379 g/mol. The highest BCUT2D eigenvalue weighted by Crippen LogP contribution is 2.25. The second-order valence-electron chi connectivity index (χ2n) is 8.38. The minimum atomic E-state index is -0.932. The molecule has 26 heavy (non-hydrogen) atoms. The van der Waals surface area contributed by atoms with Crippen LogP contribution in [-0.2, 0) is 23.5 Å². The summed E-state index contributed by atoms with van der Waals surface area (Å²) < 4.78 is 0. The molecule has 6 heteroatoms. The molecule has 0 bridgehead atoms. The van der Waals surface area contributed by atoms with Crippen LogP contribution in [0.25, 0.3) is 0 Å². The van der Waals surface area contributed by atoms with E-state index >= 15 is 0 Å². The maximum absolute atomic E-state index is 10.9. The Labute approximate surface area is 161 Å². The summed E-state index contributed by atoms with van der Waals surface area (Å²) in [5, 5.41) is 12.3.